The van der Waals surface area contributed by atoms with Crippen LogP contribution >= 0.6 is 0 Å². The van der Waals surface area contributed by atoms with Crippen LogP contribution in [0, 0.1) is 0 Å². The molecule has 0 spiro atoms. The van der Waals surface area contributed by atoms with Gasteiger partial charge in [0.1, 0.15) is 6.26 Å². The van der Waals surface area contributed by atoms with Crippen molar-refractivity contribution in [1.29, 1.82) is 0 Å². The Bertz CT molecular complexity index is 75.6. The average molecular weight is 88.1 g/mol. The van der Waals surface area contributed by atoms with Crippen LogP contribution in [-0.4, -0.2) is 5.11 Å². The maximum Gasteiger partial charge on any atom is 0.156 e. The van der Waals surface area contributed by atoms with E-state index in [1.54, 1.807) is 0 Å². The number of hydrogen-bond acceptors (Lipinski definition) is 1. The molecule has 0 bridgehead atoms. The first-order chi connectivity index (χ1) is 2.81. The van der Waals surface area contributed by atoms with Gasteiger partial charge in [0.2, 0.25) is 0 Å². The summed E-state index contributed by atoms with van der Waals surface area (Å²) in [5, 5.41) is 7.73. The molecule has 34 valence electrons. The topological polar surface area (TPSA) is 20.2 Å². The molecule has 0 aromatic rings. The van der Waals surface area contributed by atoms with E-state index in [9.17, 15) is 4.39 Å². The molecule has 0 heterocycles. The molecular formula is C4H5FO. The molecule has 0 saturated heterocycles. The van der Waals surface area contributed by atoms with E-state index in [0.29, 0.717) is 6.26 Å². The highest BCUT2D eigenvalue weighted by Gasteiger charge is 1.75. The third-order valence-electron chi connectivity index (χ3n) is 0.318. The Balaban J connectivity index is 3.50. The third-order valence-corrected chi connectivity index (χ3v) is 0.318. The SMILES string of the molecule is C=CC(F)=CO. The van der Waals surface area contributed by atoms with Gasteiger partial charge in [-0.25, -0.2) is 4.39 Å². The first kappa shape index (κ1) is 5.21. The number of aliphatic hydroxyl groups excluding tert-OH is 1. The highest BCUT2D eigenvalue weighted by Crippen LogP contribution is 1.90. The fourth-order valence-corrected chi connectivity index (χ4v) is 0.0527. The molecule has 0 amide bonds. The lowest BCUT2D eigenvalue weighted by molar-refractivity contribution is 0.447. The second-order valence-corrected chi connectivity index (χ2v) is 0.718. The number of allylic oxidation sites excluding steroid dienone is 2. The van der Waals surface area contributed by atoms with Crippen LogP contribution in [-0.2, 0) is 0 Å². The van der Waals surface area contributed by atoms with Gasteiger partial charge >= 0.3 is 0 Å². The summed E-state index contributed by atoms with van der Waals surface area (Å²) >= 11 is 0. The normalized spacial score (nSPS) is 11.2. The summed E-state index contributed by atoms with van der Waals surface area (Å²) in [5.41, 5.74) is 0. The average Bonchev–Trinajstić information content (AvgIpc) is 1.65. The third kappa shape index (κ3) is 1.52. The Morgan fingerprint density at radius 1 is 1.83 bits per heavy atom. The first-order valence-corrected chi connectivity index (χ1v) is 1.43. The molecule has 1 nitrogen and oxygen atoms in total. The minimum Gasteiger partial charge on any atom is -0.513 e. The van der Waals surface area contributed by atoms with Gasteiger partial charge in [0.05, 0.1) is 0 Å². The van der Waals surface area contributed by atoms with Gasteiger partial charge in [-0.15, -0.1) is 0 Å². The summed E-state index contributed by atoms with van der Waals surface area (Å²) < 4.78 is 11.4. The van der Waals surface area contributed by atoms with Gasteiger partial charge in [-0.3, -0.25) is 0 Å². The Labute approximate surface area is 35.4 Å². The van der Waals surface area contributed by atoms with Crippen molar-refractivity contribution in [1.82, 2.24) is 0 Å². The summed E-state index contributed by atoms with van der Waals surface area (Å²) in [6.45, 7) is 3.03. The number of aliphatic hydroxyl groups is 1. The summed E-state index contributed by atoms with van der Waals surface area (Å²) in [6.07, 6.45) is 1.27. The second-order valence-electron chi connectivity index (χ2n) is 0.718. The van der Waals surface area contributed by atoms with Crippen LogP contribution in [0.2, 0.25) is 0 Å². The van der Waals surface area contributed by atoms with Gasteiger partial charge in [0.25, 0.3) is 0 Å². The molecule has 1 N–H and O–H groups in total. The molecule has 0 saturated carbocycles. The lowest BCUT2D eigenvalue weighted by atomic mass is 10.6. The van der Waals surface area contributed by atoms with E-state index in [4.69, 9.17) is 5.11 Å². The standard InChI is InChI=1S/C4H5FO/c1-2-4(5)3-6/h2-3,6H,1H2. The molecule has 0 rings (SSSR count). The monoisotopic (exact) mass is 88.0 g/mol. The fraction of sp³-hybridized carbons (Fsp3) is 0. The van der Waals surface area contributed by atoms with Crippen molar-refractivity contribution in [2.75, 3.05) is 0 Å². The zero-order valence-corrected chi connectivity index (χ0v) is 3.19. The van der Waals surface area contributed by atoms with Crippen LogP contribution in [0.25, 0.3) is 0 Å². The smallest absolute Gasteiger partial charge is 0.156 e. The fourth-order valence-electron chi connectivity index (χ4n) is 0.0527. The number of halogens is 1. The van der Waals surface area contributed by atoms with Crippen molar-refractivity contribution in [2.24, 2.45) is 0 Å². The summed E-state index contributed by atoms with van der Waals surface area (Å²) in [7, 11) is 0. The molecule has 0 aliphatic carbocycles. The van der Waals surface area contributed by atoms with Crippen LogP contribution in [0.3, 0.4) is 0 Å². The number of hydrogen-bond donors (Lipinski definition) is 1. The van der Waals surface area contributed by atoms with Crippen LogP contribution in [0.4, 0.5) is 4.39 Å². The molecule has 0 fully saturated rings. The summed E-state index contributed by atoms with van der Waals surface area (Å²) in [6, 6.07) is 0. The highest BCUT2D eigenvalue weighted by molar-refractivity contribution is 5.02. The van der Waals surface area contributed by atoms with Crippen LogP contribution < -0.4 is 0 Å². The zero-order chi connectivity index (χ0) is 4.99. The molecule has 2 heteroatoms. The van der Waals surface area contributed by atoms with Gasteiger partial charge in [-0.1, -0.05) is 6.58 Å². The van der Waals surface area contributed by atoms with E-state index >= 15 is 0 Å². The van der Waals surface area contributed by atoms with Gasteiger partial charge in [-0.2, -0.15) is 0 Å². The Hall–Kier alpha value is -0.790. The molecule has 0 aliphatic heterocycles. The molecule has 0 unspecified atom stereocenters. The van der Waals surface area contributed by atoms with Crippen LogP contribution in [0.15, 0.2) is 24.7 Å². The van der Waals surface area contributed by atoms with Crippen molar-refractivity contribution in [2.45, 2.75) is 0 Å². The summed E-state index contributed by atoms with van der Waals surface area (Å²) in [5.74, 6) is -0.713. The van der Waals surface area contributed by atoms with Gasteiger partial charge < -0.3 is 5.11 Å². The van der Waals surface area contributed by atoms with E-state index in [-0.39, 0.29) is 0 Å². The van der Waals surface area contributed by atoms with Crippen molar-refractivity contribution in [3.05, 3.63) is 24.7 Å². The predicted octanol–water partition coefficient (Wildman–Crippen LogP) is 1.54. The molecule has 0 aliphatic rings. The Kier molecular flexibility index (Phi) is 2.13. The molecular weight excluding hydrogens is 83.0 g/mol. The van der Waals surface area contributed by atoms with Crippen molar-refractivity contribution in [3.63, 3.8) is 0 Å². The van der Waals surface area contributed by atoms with Crippen LogP contribution in [0.1, 0.15) is 0 Å². The van der Waals surface area contributed by atoms with Gasteiger partial charge in [0.15, 0.2) is 5.83 Å². The van der Waals surface area contributed by atoms with Crippen molar-refractivity contribution < 1.29 is 9.50 Å². The molecule has 0 radical (unpaired) electrons. The second kappa shape index (κ2) is 2.45. The minimum atomic E-state index is -0.713. The van der Waals surface area contributed by atoms with Crippen LogP contribution in [0.5, 0.6) is 0 Å². The van der Waals surface area contributed by atoms with E-state index in [0.717, 1.165) is 6.08 Å². The van der Waals surface area contributed by atoms with E-state index in [1.165, 1.54) is 0 Å². The van der Waals surface area contributed by atoms with E-state index in [1.807, 2.05) is 0 Å². The first-order valence-electron chi connectivity index (χ1n) is 1.43. The molecule has 0 aromatic heterocycles. The lowest BCUT2D eigenvalue weighted by Crippen LogP contribution is -1.57. The van der Waals surface area contributed by atoms with Gasteiger partial charge in [0, 0.05) is 0 Å². The maximum atomic E-state index is 11.4. The molecule has 6 heavy (non-hydrogen) atoms. The number of rotatable bonds is 1. The highest BCUT2D eigenvalue weighted by atomic mass is 19.1. The zero-order valence-electron chi connectivity index (χ0n) is 3.19. The van der Waals surface area contributed by atoms with E-state index in [2.05, 4.69) is 6.58 Å². The van der Waals surface area contributed by atoms with E-state index < -0.39 is 5.83 Å². The largest absolute Gasteiger partial charge is 0.513 e. The Morgan fingerprint density at radius 3 is 2.33 bits per heavy atom. The van der Waals surface area contributed by atoms with Gasteiger partial charge in [-0.05, 0) is 6.08 Å². The quantitative estimate of drug-likeness (QED) is 0.380. The Morgan fingerprint density at radius 2 is 2.33 bits per heavy atom. The maximum absolute atomic E-state index is 11.4. The lowest BCUT2D eigenvalue weighted by Gasteiger charge is -1.72. The minimum absolute atomic E-state index is 0.354. The predicted molar refractivity (Wildman–Crippen MR) is 22.0 cm³/mol. The summed E-state index contributed by atoms with van der Waals surface area (Å²) in [4.78, 5) is 0. The molecule has 0 atom stereocenters. The van der Waals surface area contributed by atoms with Crippen molar-refractivity contribution >= 4 is 0 Å². The van der Waals surface area contributed by atoms with Crippen molar-refractivity contribution in [3.8, 4) is 0 Å². The molecule has 0 aromatic carbocycles.